The molecule has 3 aromatic rings. The van der Waals surface area contributed by atoms with Crippen molar-refractivity contribution in [1.82, 2.24) is 8.94 Å². The molecule has 2 aliphatic heterocycles. The minimum Gasteiger partial charge on any atom is -0.402 e. The number of nitrogens with zero attached hydrogens (tertiary/aromatic N) is 1. The van der Waals surface area contributed by atoms with Gasteiger partial charge in [0.2, 0.25) is 0 Å². The lowest BCUT2D eigenvalue weighted by molar-refractivity contribution is -0.0476. The van der Waals surface area contributed by atoms with Crippen molar-refractivity contribution in [1.29, 1.82) is 0 Å². The van der Waals surface area contributed by atoms with Gasteiger partial charge in [0.05, 0.1) is 0 Å². The molecule has 3 aromatic carbocycles. The number of hydrogen-bond donors (Lipinski definition) is 1. The SMILES string of the molecule is Cc1ccccc1B1OC(c2ccccc2)(c2ccccc2)[C@H]2CCCN12.O=S(=O)(NS(=O)(=O)C(F)(F)F)C(F)(F)F. The van der Waals surface area contributed by atoms with E-state index in [0.29, 0.717) is 6.04 Å². The van der Waals surface area contributed by atoms with Crippen LogP contribution in [0.3, 0.4) is 0 Å². The molecule has 42 heavy (non-hydrogen) atoms. The topological polar surface area (TPSA) is 92.8 Å². The van der Waals surface area contributed by atoms with Crippen molar-refractivity contribution in [3.63, 3.8) is 0 Å². The van der Waals surface area contributed by atoms with Crippen LogP contribution in [0, 0.1) is 6.92 Å². The Kier molecular flexibility index (Phi) is 8.87. The summed E-state index contributed by atoms with van der Waals surface area (Å²) in [5.41, 5.74) is -7.63. The highest BCUT2D eigenvalue weighted by Gasteiger charge is 2.59. The van der Waals surface area contributed by atoms with E-state index in [2.05, 4.69) is 96.7 Å². The summed E-state index contributed by atoms with van der Waals surface area (Å²) in [6, 6.07) is 30.6. The standard InChI is InChI=1S/C24H24BNO.C2HF6NO4S2/c1-19-11-8-9-16-22(19)25-26-18-10-17-23(26)24(27-25,20-12-4-2-5-13-20)21-14-6-3-7-15-21;3-1(4,5)14(10,11)9-15(12,13)2(6,7)8/h2-9,11-16,23H,10,17-18H2,1H3;9H/t23-;/m1./s1. The second-order valence-corrected chi connectivity index (χ2v) is 13.3. The lowest BCUT2D eigenvalue weighted by Crippen LogP contribution is -2.46. The Morgan fingerprint density at radius 1 is 0.786 bits per heavy atom. The highest BCUT2D eigenvalue weighted by molar-refractivity contribution is 8.05. The number of benzene rings is 3. The molecule has 7 nitrogen and oxygen atoms in total. The lowest BCUT2D eigenvalue weighted by Gasteiger charge is -2.36. The van der Waals surface area contributed by atoms with E-state index in [0.717, 1.165) is 13.0 Å². The second kappa shape index (κ2) is 11.6. The predicted octanol–water partition coefficient (Wildman–Crippen LogP) is 4.40. The number of hydrogen-bond acceptors (Lipinski definition) is 6. The first-order valence-corrected chi connectivity index (χ1v) is 15.5. The number of halogens is 6. The van der Waals surface area contributed by atoms with Crippen LogP contribution in [0.15, 0.2) is 84.9 Å². The molecule has 5 rings (SSSR count). The van der Waals surface area contributed by atoms with E-state index >= 15 is 0 Å². The van der Waals surface area contributed by atoms with Gasteiger partial charge in [-0.1, -0.05) is 94.6 Å². The van der Waals surface area contributed by atoms with Crippen LogP contribution in [0.25, 0.3) is 0 Å². The monoisotopic (exact) mass is 634 g/mol. The Hall–Kier alpha value is -2.92. The first-order valence-electron chi connectivity index (χ1n) is 12.5. The summed E-state index contributed by atoms with van der Waals surface area (Å²) >= 11 is 0. The van der Waals surface area contributed by atoms with Gasteiger partial charge < -0.3 is 9.47 Å². The fraction of sp³-hybridized carbons (Fsp3) is 0.308. The van der Waals surface area contributed by atoms with Crippen LogP contribution in [-0.4, -0.2) is 52.3 Å². The maximum Gasteiger partial charge on any atom is 0.512 e. The van der Waals surface area contributed by atoms with E-state index in [1.807, 2.05) is 0 Å². The quantitative estimate of drug-likeness (QED) is 0.331. The Morgan fingerprint density at radius 3 is 1.69 bits per heavy atom. The van der Waals surface area contributed by atoms with Gasteiger partial charge in [0.25, 0.3) is 0 Å². The van der Waals surface area contributed by atoms with Gasteiger partial charge in [0, 0.05) is 6.04 Å². The summed E-state index contributed by atoms with van der Waals surface area (Å²) in [4.78, 5) is 2.59. The zero-order chi connectivity index (χ0) is 31.0. The van der Waals surface area contributed by atoms with E-state index in [-0.39, 0.29) is 7.05 Å². The molecule has 2 heterocycles. The fourth-order valence-corrected chi connectivity index (χ4v) is 7.14. The number of nitrogens with one attached hydrogen (secondary N) is 1. The van der Waals surface area contributed by atoms with Crippen LogP contribution in [0.4, 0.5) is 26.3 Å². The van der Waals surface area contributed by atoms with Crippen molar-refractivity contribution >= 4 is 32.6 Å². The van der Waals surface area contributed by atoms with Gasteiger partial charge >= 0.3 is 38.1 Å². The van der Waals surface area contributed by atoms with Crippen LogP contribution in [-0.2, 0) is 30.3 Å². The third-order valence-corrected chi connectivity index (χ3v) is 10.0. The van der Waals surface area contributed by atoms with Crippen LogP contribution < -0.4 is 9.59 Å². The molecule has 0 radical (unpaired) electrons. The van der Waals surface area contributed by atoms with Gasteiger partial charge in [-0.05, 0) is 42.9 Å². The molecule has 0 bridgehead atoms. The Balaban J connectivity index is 0.000000233. The highest BCUT2D eigenvalue weighted by Crippen LogP contribution is 2.48. The van der Waals surface area contributed by atoms with Crippen molar-refractivity contribution in [2.75, 3.05) is 6.54 Å². The Bertz CT molecular complexity index is 1520. The molecular formula is C26H25BF6N2O5S2. The largest absolute Gasteiger partial charge is 0.512 e. The summed E-state index contributed by atoms with van der Waals surface area (Å²) in [7, 11) is -13.2. The van der Waals surface area contributed by atoms with Gasteiger partial charge in [0.15, 0.2) is 0 Å². The van der Waals surface area contributed by atoms with E-state index in [9.17, 15) is 43.2 Å². The highest BCUT2D eigenvalue weighted by atomic mass is 32.3. The van der Waals surface area contributed by atoms with Crippen molar-refractivity contribution < 1.29 is 47.8 Å². The van der Waals surface area contributed by atoms with E-state index < -0.39 is 40.8 Å². The molecule has 226 valence electrons. The fourth-order valence-electron chi connectivity index (χ4n) is 5.23. The summed E-state index contributed by atoms with van der Waals surface area (Å²) in [5, 5.41) is 0. The summed E-state index contributed by atoms with van der Waals surface area (Å²) in [5.74, 6) is 0. The van der Waals surface area contributed by atoms with Gasteiger partial charge in [-0.15, -0.1) is 0 Å². The van der Waals surface area contributed by atoms with Crippen LogP contribution in [0.1, 0.15) is 29.5 Å². The van der Waals surface area contributed by atoms with E-state index in [4.69, 9.17) is 4.65 Å². The molecular weight excluding hydrogens is 609 g/mol. The number of aryl methyl sites for hydroxylation is 1. The lowest BCUT2D eigenvalue weighted by atomic mass is 9.70. The molecule has 0 saturated carbocycles. The first-order chi connectivity index (χ1) is 19.5. The molecule has 16 heteroatoms. The molecule has 2 fully saturated rings. The van der Waals surface area contributed by atoms with Crippen LogP contribution in [0.2, 0.25) is 0 Å². The zero-order valence-electron chi connectivity index (χ0n) is 21.9. The first kappa shape index (κ1) is 32.0. The summed E-state index contributed by atoms with van der Waals surface area (Å²) < 4.78 is 115. The van der Waals surface area contributed by atoms with Gasteiger partial charge in [0.1, 0.15) is 5.60 Å². The predicted molar refractivity (Wildman–Crippen MR) is 144 cm³/mol. The number of rotatable bonds is 5. The van der Waals surface area contributed by atoms with Crippen molar-refractivity contribution in [3.8, 4) is 0 Å². The maximum atomic E-state index is 11.5. The van der Waals surface area contributed by atoms with Gasteiger partial charge in [-0.25, -0.2) is 16.8 Å². The third-order valence-electron chi connectivity index (χ3n) is 7.05. The Labute approximate surface area is 239 Å². The minimum atomic E-state index is -6.60. The maximum absolute atomic E-state index is 11.5. The molecule has 1 N–H and O–H groups in total. The average molecular weight is 634 g/mol. The third kappa shape index (κ3) is 6.08. The molecule has 0 unspecified atom stereocenters. The van der Waals surface area contributed by atoms with Gasteiger partial charge in [-0.3, -0.25) is 0 Å². The smallest absolute Gasteiger partial charge is 0.402 e. The number of fused-ring (bicyclic) bond motifs is 1. The van der Waals surface area contributed by atoms with Gasteiger partial charge in [-0.2, -0.15) is 26.3 Å². The van der Waals surface area contributed by atoms with Crippen molar-refractivity contribution in [3.05, 3.63) is 102 Å². The number of alkyl halides is 6. The Morgan fingerprint density at radius 2 is 1.24 bits per heavy atom. The molecule has 0 aromatic heterocycles. The van der Waals surface area contributed by atoms with Crippen LogP contribution >= 0.6 is 0 Å². The molecule has 2 aliphatic rings. The second-order valence-electron chi connectivity index (χ2n) is 9.67. The average Bonchev–Trinajstić information content (AvgIpc) is 3.51. The molecule has 2 saturated heterocycles. The van der Waals surface area contributed by atoms with E-state index in [1.54, 1.807) is 0 Å². The molecule has 0 aliphatic carbocycles. The molecule has 0 amide bonds. The zero-order valence-corrected chi connectivity index (χ0v) is 23.6. The van der Waals surface area contributed by atoms with Crippen molar-refractivity contribution in [2.24, 2.45) is 0 Å². The number of sulfonamides is 2. The molecule has 0 spiro atoms. The van der Waals surface area contributed by atoms with E-state index in [1.165, 1.54) is 28.6 Å². The minimum absolute atomic E-state index is 0.000822. The molecule has 1 atom stereocenters. The summed E-state index contributed by atoms with van der Waals surface area (Å²) in [6.45, 7) is 3.28. The normalized spacial score (nSPS) is 19.2. The van der Waals surface area contributed by atoms with Crippen molar-refractivity contribution in [2.45, 2.75) is 42.4 Å². The van der Waals surface area contributed by atoms with Crippen LogP contribution in [0.5, 0.6) is 0 Å². The summed E-state index contributed by atoms with van der Waals surface area (Å²) in [6.07, 6.45) is 2.38.